The molecule has 1 heterocycles. The predicted molar refractivity (Wildman–Crippen MR) is 33.5 cm³/mol. The van der Waals surface area contributed by atoms with E-state index in [1.54, 1.807) is 0 Å². The Hall–Kier alpha value is -1.57. The third-order valence-electron chi connectivity index (χ3n) is 1.12. The van der Waals surface area contributed by atoms with Crippen LogP contribution in [0.25, 0.3) is 0 Å². The van der Waals surface area contributed by atoms with Crippen LogP contribution in [0.3, 0.4) is 0 Å². The Morgan fingerprint density at radius 2 is 2.70 bits per heavy atom. The van der Waals surface area contributed by atoms with Crippen LogP contribution in [-0.2, 0) is 0 Å². The van der Waals surface area contributed by atoms with Crippen molar-refractivity contribution in [2.45, 2.75) is 13.0 Å². The number of H-pyrrole nitrogens is 1. The number of nitriles is 1. The van der Waals surface area contributed by atoms with Gasteiger partial charge in [-0.3, -0.25) is 5.10 Å². The number of aromatic nitrogens is 3. The second kappa shape index (κ2) is 2.82. The summed E-state index contributed by atoms with van der Waals surface area (Å²) in [5.74, 6) is 0.668. The van der Waals surface area contributed by atoms with E-state index in [9.17, 15) is 0 Å². The molecule has 5 nitrogen and oxygen atoms in total. The maximum atomic E-state index is 8.21. The van der Waals surface area contributed by atoms with Crippen LogP contribution in [0.1, 0.15) is 18.8 Å². The number of hydrogen-bond donors (Lipinski definition) is 2. The molecule has 10 heavy (non-hydrogen) atoms. The van der Waals surface area contributed by atoms with Crippen molar-refractivity contribution >= 4 is 0 Å². The van der Waals surface area contributed by atoms with E-state index in [4.69, 9.17) is 5.26 Å². The fourth-order valence-electron chi connectivity index (χ4n) is 0.589. The van der Waals surface area contributed by atoms with Crippen molar-refractivity contribution in [2.75, 3.05) is 0 Å². The Balaban J connectivity index is 2.61. The standard InChI is InChI=1S/C5H7N5/c1-4(7-2-6)5-8-3-9-10-5/h3-4,7H,1H3,(H,8,9,10). The molecule has 0 aliphatic heterocycles. The number of hydrogen-bond acceptors (Lipinski definition) is 4. The van der Waals surface area contributed by atoms with Gasteiger partial charge in [0.2, 0.25) is 0 Å². The first-order valence-electron chi connectivity index (χ1n) is 2.84. The molecule has 52 valence electrons. The molecule has 1 aromatic heterocycles. The van der Waals surface area contributed by atoms with Crippen molar-refractivity contribution in [2.24, 2.45) is 0 Å². The van der Waals surface area contributed by atoms with Gasteiger partial charge in [-0.15, -0.1) is 0 Å². The average Bonchev–Trinajstić information content (AvgIpc) is 2.38. The summed E-state index contributed by atoms with van der Waals surface area (Å²) in [5, 5.41) is 17.0. The molecule has 0 aliphatic carbocycles. The summed E-state index contributed by atoms with van der Waals surface area (Å²) in [6, 6.07) is -0.0903. The lowest BCUT2D eigenvalue weighted by Gasteiger charge is -2.01. The van der Waals surface area contributed by atoms with Crippen molar-refractivity contribution in [1.82, 2.24) is 20.5 Å². The normalized spacial score (nSPS) is 12.0. The van der Waals surface area contributed by atoms with Crippen molar-refractivity contribution in [1.29, 1.82) is 5.26 Å². The maximum Gasteiger partial charge on any atom is 0.177 e. The lowest BCUT2D eigenvalue weighted by atomic mass is 10.3. The molecule has 0 fully saturated rings. The summed E-state index contributed by atoms with van der Waals surface area (Å²) in [5.41, 5.74) is 0. The molecule has 0 radical (unpaired) electrons. The van der Waals surface area contributed by atoms with Crippen LogP contribution < -0.4 is 5.32 Å². The monoisotopic (exact) mass is 137 g/mol. The molecule has 0 amide bonds. The lowest BCUT2D eigenvalue weighted by molar-refractivity contribution is 0.651. The van der Waals surface area contributed by atoms with Crippen molar-refractivity contribution in [3.63, 3.8) is 0 Å². The van der Waals surface area contributed by atoms with E-state index in [0.717, 1.165) is 0 Å². The van der Waals surface area contributed by atoms with Gasteiger partial charge < -0.3 is 5.32 Å². The zero-order valence-corrected chi connectivity index (χ0v) is 5.50. The highest BCUT2D eigenvalue weighted by atomic mass is 15.2. The molecule has 0 spiro atoms. The van der Waals surface area contributed by atoms with Gasteiger partial charge in [-0.2, -0.15) is 10.4 Å². The van der Waals surface area contributed by atoms with E-state index in [1.807, 2.05) is 13.1 Å². The van der Waals surface area contributed by atoms with Crippen LogP contribution in [0.4, 0.5) is 0 Å². The van der Waals surface area contributed by atoms with Crippen molar-refractivity contribution in [3.8, 4) is 6.19 Å². The van der Waals surface area contributed by atoms with Gasteiger partial charge in [0.25, 0.3) is 0 Å². The van der Waals surface area contributed by atoms with Gasteiger partial charge in [-0.25, -0.2) is 4.98 Å². The molecular formula is C5H7N5. The number of aromatic amines is 1. The minimum absolute atomic E-state index is 0.0903. The zero-order valence-electron chi connectivity index (χ0n) is 5.50. The topological polar surface area (TPSA) is 77.4 Å². The summed E-state index contributed by atoms with van der Waals surface area (Å²) < 4.78 is 0. The number of nitrogens with one attached hydrogen (secondary N) is 2. The Bertz CT molecular complexity index is 221. The third-order valence-corrected chi connectivity index (χ3v) is 1.12. The maximum absolute atomic E-state index is 8.21. The lowest BCUT2D eigenvalue weighted by Crippen LogP contribution is -2.13. The predicted octanol–water partition coefficient (Wildman–Crippen LogP) is -0.0636. The highest BCUT2D eigenvalue weighted by molar-refractivity contribution is 4.91. The Morgan fingerprint density at radius 3 is 3.20 bits per heavy atom. The molecule has 0 saturated heterocycles. The average molecular weight is 137 g/mol. The summed E-state index contributed by atoms with van der Waals surface area (Å²) >= 11 is 0. The van der Waals surface area contributed by atoms with Gasteiger partial charge in [-0.05, 0) is 6.92 Å². The van der Waals surface area contributed by atoms with Crippen LogP contribution in [0.2, 0.25) is 0 Å². The molecular weight excluding hydrogens is 130 g/mol. The van der Waals surface area contributed by atoms with Crippen LogP contribution in [0, 0.1) is 11.5 Å². The number of nitrogens with zero attached hydrogens (tertiary/aromatic N) is 3. The molecule has 1 aromatic rings. The van der Waals surface area contributed by atoms with Crippen molar-refractivity contribution in [3.05, 3.63) is 12.2 Å². The summed E-state index contributed by atoms with van der Waals surface area (Å²) in [6.07, 6.45) is 3.23. The zero-order chi connectivity index (χ0) is 7.40. The van der Waals surface area contributed by atoms with Gasteiger partial charge in [0, 0.05) is 0 Å². The first-order valence-corrected chi connectivity index (χ1v) is 2.84. The van der Waals surface area contributed by atoms with Gasteiger partial charge in [-0.1, -0.05) is 0 Å². The minimum Gasteiger partial charge on any atom is -0.313 e. The largest absolute Gasteiger partial charge is 0.313 e. The molecule has 0 aliphatic rings. The van der Waals surface area contributed by atoms with Gasteiger partial charge in [0.15, 0.2) is 6.19 Å². The smallest absolute Gasteiger partial charge is 0.177 e. The molecule has 0 aromatic carbocycles. The molecule has 2 N–H and O–H groups in total. The Kier molecular flexibility index (Phi) is 1.85. The molecule has 1 atom stereocenters. The fraction of sp³-hybridized carbons (Fsp3) is 0.400. The second-order valence-corrected chi connectivity index (χ2v) is 1.85. The van der Waals surface area contributed by atoms with Gasteiger partial charge >= 0.3 is 0 Å². The van der Waals surface area contributed by atoms with E-state index in [1.165, 1.54) is 6.33 Å². The van der Waals surface area contributed by atoms with Crippen molar-refractivity contribution < 1.29 is 0 Å². The molecule has 1 rings (SSSR count). The van der Waals surface area contributed by atoms with E-state index >= 15 is 0 Å². The SMILES string of the molecule is CC(NC#N)c1ncn[nH]1. The molecule has 0 bridgehead atoms. The van der Waals surface area contributed by atoms with Crippen LogP contribution in [0.15, 0.2) is 6.33 Å². The first-order chi connectivity index (χ1) is 4.84. The van der Waals surface area contributed by atoms with Gasteiger partial charge in [0.1, 0.15) is 12.2 Å². The van der Waals surface area contributed by atoms with Crippen LogP contribution in [0.5, 0.6) is 0 Å². The van der Waals surface area contributed by atoms with Crippen LogP contribution >= 0.6 is 0 Å². The second-order valence-electron chi connectivity index (χ2n) is 1.85. The Morgan fingerprint density at radius 1 is 1.90 bits per heavy atom. The molecule has 0 saturated carbocycles. The van der Waals surface area contributed by atoms with Crippen LogP contribution in [-0.4, -0.2) is 15.2 Å². The Labute approximate surface area is 58.1 Å². The summed E-state index contributed by atoms with van der Waals surface area (Å²) in [4.78, 5) is 3.85. The highest BCUT2D eigenvalue weighted by Crippen LogP contribution is 2.01. The fourth-order valence-corrected chi connectivity index (χ4v) is 0.589. The van der Waals surface area contributed by atoms with E-state index < -0.39 is 0 Å². The van der Waals surface area contributed by atoms with E-state index in [2.05, 4.69) is 20.5 Å². The summed E-state index contributed by atoms with van der Waals surface area (Å²) in [6.45, 7) is 1.82. The molecule has 5 heteroatoms. The summed E-state index contributed by atoms with van der Waals surface area (Å²) in [7, 11) is 0. The van der Waals surface area contributed by atoms with E-state index in [0.29, 0.717) is 5.82 Å². The molecule has 1 unspecified atom stereocenters. The van der Waals surface area contributed by atoms with Gasteiger partial charge in [0.05, 0.1) is 6.04 Å². The minimum atomic E-state index is -0.0903. The quantitative estimate of drug-likeness (QED) is 0.442. The third kappa shape index (κ3) is 1.23. The highest BCUT2D eigenvalue weighted by Gasteiger charge is 2.04. The number of rotatable bonds is 2. The van der Waals surface area contributed by atoms with E-state index in [-0.39, 0.29) is 6.04 Å². The first kappa shape index (κ1) is 6.55.